The first kappa shape index (κ1) is 20.5. The molecular weight excluding hydrogens is 354 g/mol. The van der Waals surface area contributed by atoms with Gasteiger partial charge >= 0.3 is 0 Å². The van der Waals surface area contributed by atoms with Crippen LogP contribution in [0, 0.1) is 5.92 Å². The fraction of sp³-hybridized carbons (Fsp3) is 0.579. The van der Waals surface area contributed by atoms with E-state index in [9.17, 15) is 9.59 Å². The Morgan fingerprint density at radius 1 is 1.23 bits per heavy atom. The van der Waals surface area contributed by atoms with Crippen LogP contribution >= 0.6 is 12.4 Å². The van der Waals surface area contributed by atoms with E-state index in [0.29, 0.717) is 19.5 Å². The van der Waals surface area contributed by atoms with Crippen LogP contribution in [0.15, 0.2) is 24.3 Å². The molecule has 0 spiro atoms. The molecule has 1 atom stereocenters. The first-order valence-electron chi connectivity index (χ1n) is 9.02. The van der Waals surface area contributed by atoms with Gasteiger partial charge in [-0.05, 0) is 43.4 Å². The van der Waals surface area contributed by atoms with Crippen molar-refractivity contribution in [1.29, 1.82) is 0 Å². The number of rotatable bonds is 5. The van der Waals surface area contributed by atoms with Crippen LogP contribution in [0.2, 0.25) is 0 Å². The number of benzene rings is 1. The van der Waals surface area contributed by atoms with E-state index in [0.717, 1.165) is 37.0 Å². The van der Waals surface area contributed by atoms with Gasteiger partial charge in [-0.3, -0.25) is 9.59 Å². The van der Waals surface area contributed by atoms with Crippen molar-refractivity contribution in [2.45, 2.75) is 50.7 Å². The van der Waals surface area contributed by atoms with E-state index in [1.54, 1.807) is 12.0 Å². The highest BCUT2D eigenvalue weighted by atomic mass is 35.5. The normalized spacial score (nSPS) is 25.5. The molecule has 1 saturated carbocycles. The van der Waals surface area contributed by atoms with Crippen LogP contribution in [0.25, 0.3) is 0 Å². The highest BCUT2D eigenvalue weighted by molar-refractivity contribution is 5.89. The van der Waals surface area contributed by atoms with Crippen molar-refractivity contribution in [2.75, 3.05) is 13.7 Å². The molecule has 26 heavy (non-hydrogen) atoms. The molecule has 1 aromatic carbocycles. The molecule has 3 N–H and O–H groups in total. The number of carbonyl (C=O) groups excluding carboxylic acids is 2. The zero-order valence-electron chi connectivity index (χ0n) is 15.1. The number of nitrogens with two attached hydrogens (primary N) is 1. The smallest absolute Gasteiger partial charge is 0.225 e. The number of hydrogen-bond donors (Lipinski definition) is 2. The Hall–Kier alpha value is -1.79. The summed E-state index contributed by atoms with van der Waals surface area (Å²) in [4.78, 5) is 26.5. The van der Waals surface area contributed by atoms with E-state index < -0.39 is 0 Å². The lowest BCUT2D eigenvalue weighted by Crippen LogP contribution is -2.43. The number of ether oxygens (including phenoxy) is 1. The second-order valence-corrected chi connectivity index (χ2v) is 7.14. The lowest BCUT2D eigenvalue weighted by Gasteiger charge is -2.27. The summed E-state index contributed by atoms with van der Waals surface area (Å²) in [7, 11) is 1.63. The molecule has 1 unspecified atom stereocenters. The molecule has 7 heteroatoms. The summed E-state index contributed by atoms with van der Waals surface area (Å²) < 4.78 is 5.15. The third-order valence-electron chi connectivity index (χ3n) is 5.24. The number of hydrogen-bond acceptors (Lipinski definition) is 4. The summed E-state index contributed by atoms with van der Waals surface area (Å²) in [6, 6.07) is 8.14. The number of halogens is 1. The molecule has 2 aliphatic rings. The Morgan fingerprint density at radius 3 is 2.50 bits per heavy atom. The van der Waals surface area contributed by atoms with Gasteiger partial charge in [-0.1, -0.05) is 12.1 Å². The van der Waals surface area contributed by atoms with Crippen LogP contribution in [-0.4, -0.2) is 42.5 Å². The molecule has 1 heterocycles. The highest BCUT2D eigenvalue weighted by Crippen LogP contribution is 2.23. The molecule has 144 valence electrons. The van der Waals surface area contributed by atoms with Crippen molar-refractivity contribution < 1.29 is 14.3 Å². The SMILES string of the molecule is COc1ccc(CN2CC(C(=O)NC3CCC(N)CC3)CC2=O)cc1.Cl. The largest absolute Gasteiger partial charge is 0.497 e. The van der Waals surface area contributed by atoms with E-state index >= 15 is 0 Å². The van der Waals surface area contributed by atoms with Crippen LogP contribution in [0.3, 0.4) is 0 Å². The predicted molar refractivity (Wildman–Crippen MR) is 102 cm³/mol. The fourth-order valence-electron chi connectivity index (χ4n) is 3.63. The van der Waals surface area contributed by atoms with E-state index in [1.165, 1.54) is 0 Å². The molecule has 6 nitrogen and oxygen atoms in total. The van der Waals surface area contributed by atoms with Gasteiger partial charge in [0.05, 0.1) is 13.0 Å². The first-order chi connectivity index (χ1) is 12.0. The van der Waals surface area contributed by atoms with E-state index in [1.807, 2.05) is 24.3 Å². The molecule has 1 saturated heterocycles. The van der Waals surface area contributed by atoms with Crippen molar-refractivity contribution in [3.05, 3.63) is 29.8 Å². The number of carbonyl (C=O) groups is 2. The number of amides is 2. The second kappa shape index (κ2) is 9.24. The second-order valence-electron chi connectivity index (χ2n) is 7.14. The van der Waals surface area contributed by atoms with Crippen molar-refractivity contribution in [2.24, 2.45) is 11.7 Å². The molecule has 0 aromatic heterocycles. The van der Waals surface area contributed by atoms with Crippen molar-refractivity contribution in [3.63, 3.8) is 0 Å². The monoisotopic (exact) mass is 381 g/mol. The minimum absolute atomic E-state index is 0. The first-order valence-corrected chi connectivity index (χ1v) is 9.02. The van der Waals surface area contributed by atoms with Crippen LogP contribution in [0.1, 0.15) is 37.7 Å². The Kier molecular flexibility index (Phi) is 7.29. The highest BCUT2D eigenvalue weighted by Gasteiger charge is 2.35. The minimum Gasteiger partial charge on any atom is -0.497 e. The van der Waals surface area contributed by atoms with Gasteiger partial charge in [0.1, 0.15) is 5.75 Å². The Balaban J connectivity index is 0.00000243. The topological polar surface area (TPSA) is 84.7 Å². The van der Waals surface area contributed by atoms with E-state index in [-0.39, 0.29) is 42.2 Å². The Bertz CT molecular complexity index is 615. The lowest BCUT2D eigenvalue weighted by atomic mass is 9.91. The molecular formula is C19H28ClN3O3. The molecule has 2 fully saturated rings. The third-order valence-corrected chi connectivity index (χ3v) is 5.24. The van der Waals surface area contributed by atoms with Gasteiger partial charge in [-0.25, -0.2) is 0 Å². The maximum atomic E-state index is 12.5. The summed E-state index contributed by atoms with van der Waals surface area (Å²) in [5.41, 5.74) is 6.94. The predicted octanol–water partition coefficient (Wildman–Crippen LogP) is 1.85. The molecule has 0 bridgehead atoms. The van der Waals surface area contributed by atoms with Gasteiger partial charge in [0.15, 0.2) is 0 Å². The Morgan fingerprint density at radius 2 is 1.88 bits per heavy atom. The van der Waals surface area contributed by atoms with E-state index in [4.69, 9.17) is 10.5 Å². The zero-order chi connectivity index (χ0) is 17.8. The third kappa shape index (κ3) is 5.11. The quantitative estimate of drug-likeness (QED) is 0.815. The van der Waals surface area contributed by atoms with Gasteiger partial charge in [-0.2, -0.15) is 0 Å². The summed E-state index contributed by atoms with van der Waals surface area (Å²) in [5.74, 6) is 0.593. The average Bonchev–Trinajstić information content (AvgIpc) is 2.98. The standard InChI is InChI=1S/C19H27N3O3.ClH/c1-25-17-8-2-13(3-9-17)11-22-12-14(10-18(22)23)19(24)21-16-6-4-15(20)5-7-16;/h2-3,8-9,14-16H,4-7,10-12,20H2,1H3,(H,21,24);1H. The molecule has 2 amide bonds. The van der Waals surface area contributed by atoms with Crippen LogP contribution in [0.4, 0.5) is 0 Å². The number of methoxy groups -OCH3 is 1. The van der Waals surface area contributed by atoms with Crippen molar-refractivity contribution in [1.82, 2.24) is 10.2 Å². The summed E-state index contributed by atoms with van der Waals surface area (Å²) in [6.07, 6.45) is 4.08. The average molecular weight is 382 g/mol. The van der Waals surface area contributed by atoms with Crippen molar-refractivity contribution in [3.8, 4) is 5.75 Å². The summed E-state index contributed by atoms with van der Waals surface area (Å²) in [5, 5.41) is 3.11. The summed E-state index contributed by atoms with van der Waals surface area (Å²) >= 11 is 0. The fourth-order valence-corrected chi connectivity index (χ4v) is 3.63. The number of nitrogens with one attached hydrogen (secondary N) is 1. The molecule has 1 aliphatic carbocycles. The summed E-state index contributed by atoms with van der Waals surface area (Å²) in [6.45, 7) is 1.02. The van der Waals surface area contributed by atoms with Gasteiger partial charge in [-0.15, -0.1) is 12.4 Å². The molecule has 0 radical (unpaired) electrons. The van der Waals surface area contributed by atoms with Crippen LogP contribution in [0.5, 0.6) is 5.75 Å². The zero-order valence-corrected chi connectivity index (χ0v) is 16.0. The Labute approximate surface area is 160 Å². The van der Waals surface area contributed by atoms with E-state index in [2.05, 4.69) is 5.32 Å². The van der Waals surface area contributed by atoms with Gasteiger partial charge in [0, 0.05) is 31.6 Å². The van der Waals surface area contributed by atoms with Gasteiger partial charge in [0.25, 0.3) is 0 Å². The lowest BCUT2D eigenvalue weighted by molar-refractivity contribution is -0.129. The van der Waals surface area contributed by atoms with Crippen molar-refractivity contribution >= 4 is 24.2 Å². The maximum absolute atomic E-state index is 12.5. The van der Waals surface area contributed by atoms with Gasteiger partial charge in [0.2, 0.25) is 11.8 Å². The maximum Gasteiger partial charge on any atom is 0.225 e. The molecule has 1 aromatic rings. The van der Waals surface area contributed by atoms with Crippen LogP contribution < -0.4 is 15.8 Å². The number of nitrogens with zero attached hydrogens (tertiary/aromatic N) is 1. The number of likely N-dealkylation sites (tertiary alicyclic amines) is 1. The minimum atomic E-state index is -0.249. The van der Waals surface area contributed by atoms with Gasteiger partial charge < -0.3 is 20.7 Å². The molecule has 3 rings (SSSR count). The van der Waals surface area contributed by atoms with Crippen LogP contribution in [-0.2, 0) is 16.1 Å². The molecule has 1 aliphatic heterocycles.